The zero-order valence-electron chi connectivity index (χ0n) is 9.44. The molecule has 0 spiro atoms. The van der Waals surface area contributed by atoms with Crippen molar-refractivity contribution in [1.29, 1.82) is 0 Å². The first-order valence-corrected chi connectivity index (χ1v) is 5.83. The largest absolute Gasteiger partial charge is 0.356 e. The van der Waals surface area contributed by atoms with Crippen molar-refractivity contribution in [1.82, 2.24) is 9.78 Å². The van der Waals surface area contributed by atoms with Crippen LogP contribution in [0.25, 0.3) is 10.9 Å². The Labute approximate surface area is 95.0 Å². The van der Waals surface area contributed by atoms with Crippen LogP contribution in [-0.4, -0.2) is 16.4 Å². The molecule has 3 nitrogen and oxygen atoms in total. The van der Waals surface area contributed by atoms with E-state index in [-0.39, 0.29) is 6.23 Å². The predicted octanol–water partition coefficient (Wildman–Crippen LogP) is 2.84. The lowest BCUT2D eigenvalue weighted by molar-refractivity contribution is -0.0368. The average Bonchev–Trinajstić information content (AvgIpc) is 2.69. The molecule has 16 heavy (non-hydrogen) atoms. The third-order valence-corrected chi connectivity index (χ3v) is 3.16. The molecule has 0 aliphatic carbocycles. The highest BCUT2D eigenvalue weighted by atomic mass is 16.5. The van der Waals surface area contributed by atoms with Crippen molar-refractivity contribution in [3.63, 3.8) is 0 Å². The molecule has 3 heteroatoms. The number of aromatic nitrogens is 2. The summed E-state index contributed by atoms with van der Waals surface area (Å²) in [6.07, 6.45) is 3.58. The van der Waals surface area contributed by atoms with E-state index in [9.17, 15) is 0 Å². The van der Waals surface area contributed by atoms with Crippen LogP contribution in [0.2, 0.25) is 0 Å². The Morgan fingerprint density at radius 3 is 3.25 bits per heavy atom. The molecule has 1 radical (unpaired) electrons. The van der Waals surface area contributed by atoms with Gasteiger partial charge in [-0.2, -0.15) is 5.10 Å². The van der Waals surface area contributed by atoms with Gasteiger partial charge in [0, 0.05) is 12.0 Å². The number of benzene rings is 1. The first kappa shape index (κ1) is 9.85. The molecule has 1 aliphatic rings. The van der Waals surface area contributed by atoms with Gasteiger partial charge in [0.15, 0.2) is 6.23 Å². The number of aryl methyl sites for hydroxylation is 1. The molecule has 0 saturated carbocycles. The second-order valence-corrected chi connectivity index (χ2v) is 4.29. The monoisotopic (exact) mass is 215 g/mol. The van der Waals surface area contributed by atoms with Crippen LogP contribution in [0.4, 0.5) is 0 Å². The van der Waals surface area contributed by atoms with E-state index in [1.165, 1.54) is 18.2 Å². The molecule has 1 fully saturated rings. The normalized spacial score (nSPS) is 21.4. The van der Waals surface area contributed by atoms with Gasteiger partial charge in [-0.15, -0.1) is 0 Å². The summed E-state index contributed by atoms with van der Waals surface area (Å²) in [6.45, 7) is 2.89. The maximum Gasteiger partial charge on any atom is 0.150 e. The molecule has 1 aromatic carbocycles. The number of fused-ring (bicyclic) bond motifs is 1. The lowest BCUT2D eigenvalue weighted by Gasteiger charge is -2.23. The molecule has 2 aromatic rings. The van der Waals surface area contributed by atoms with E-state index in [0.29, 0.717) is 0 Å². The molecule has 1 atom stereocenters. The summed E-state index contributed by atoms with van der Waals surface area (Å²) in [5, 5.41) is 5.76. The van der Waals surface area contributed by atoms with E-state index < -0.39 is 0 Å². The summed E-state index contributed by atoms with van der Waals surface area (Å²) in [5.41, 5.74) is 2.21. The third kappa shape index (κ3) is 1.52. The SMILES string of the molecule is Cc1nn(C2CCCCO2)c2cc[c]cc12. The Hall–Kier alpha value is -1.35. The molecule has 0 amide bonds. The maximum absolute atomic E-state index is 5.78. The molecular weight excluding hydrogens is 200 g/mol. The Morgan fingerprint density at radius 2 is 2.44 bits per heavy atom. The molecule has 1 aromatic heterocycles. The number of rotatable bonds is 1. The van der Waals surface area contributed by atoms with E-state index in [2.05, 4.69) is 17.2 Å². The van der Waals surface area contributed by atoms with Crippen LogP contribution in [0.3, 0.4) is 0 Å². The van der Waals surface area contributed by atoms with Crippen molar-refractivity contribution < 1.29 is 4.74 Å². The summed E-state index contributed by atoms with van der Waals surface area (Å²) in [5.74, 6) is 0. The van der Waals surface area contributed by atoms with Crippen LogP contribution in [0.15, 0.2) is 18.2 Å². The average molecular weight is 215 g/mol. The van der Waals surface area contributed by atoms with Gasteiger partial charge in [0.05, 0.1) is 11.2 Å². The van der Waals surface area contributed by atoms with Gasteiger partial charge in [-0.1, -0.05) is 6.07 Å². The van der Waals surface area contributed by atoms with Crippen molar-refractivity contribution in [3.8, 4) is 0 Å². The van der Waals surface area contributed by atoms with E-state index in [1.807, 2.05) is 23.7 Å². The quantitative estimate of drug-likeness (QED) is 0.731. The van der Waals surface area contributed by atoms with Gasteiger partial charge in [0.25, 0.3) is 0 Å². The zero-order valence-corrected chi connectivity index (χ0v) is 9.44. The van der Waals surface area contributed by atoms with Gasteiger partial charge in [-0.3, -0.25) is 0 Å². The molecule has 1 unspecified atom stereocenters. The molecule has 1 aliphatic heterocycles. The molecule has 3 rings (SSSR count). The number of nitrogens with zero attached hydrogens (tertiary/aromatic N) is 2. The van der Waals surface area contributed by atoms with Crippen molar-refractivity contribution in [2.24, 2.45) is 0 Å². The number of hydrogen-bond acceptors (Lipinski definition) is 2. The fourth-order valence-corrected chi connectivity index (χ4v) is 2.32. The third-order valence-electron chi connectivity index (χ3n) is 3.16. The molecule has 0 N–H and O–H groups in total. The van der Waals surface area contributed by atoms with E-state index in [0.717, 1.165) is 24.2 Å². The van der Waals surface area contributed by atoms with Gasteiger partial charge >= 0.3 is 0 Å². The predicted molar refractivity (Wildman–Crippen MR) is 62.1 cm³/mol. The minimum absolute atomic E-state index is 0.118. The molecule has 83 valence electrons. The van der Waals surface area contributed by atoms with Gasteiger partial charge in [0.1, 0.15) is 0 Å². The highest BCUT2D eigenvalue weighted by Gasteiger charge is 2.19. The molecule has 0 bridgehead atoms. The number of hydrogen-bond donors (Lipinski definition) is 0. The molecular formula is C13H15N2O. The second kappa shape index (κ2) is 3.91. The Morgan fingerprint density at radius 1 is 1.50 bits per heavy atom. The smallest absolute Gasteiger partial charge is 0.150 e. The molecule has 1 saturated heterocycles. The van der Waals surface area contributed by atoms with Crippen molar-refractivity contribution >= 4 is 10.9 Å². The van der Waals surface area contributed by atoms with Crippen molar-refractivity contribution in [2.45, 2.75) is 32.4 Å². The fourth-order valence-electron chi connectivity index (χ4n) is 2.32. The van der Waals surface area contributed by atoms with Gasteiger partial charge in [0.2, 0.25) is 0 Å². The highest BCUT2D eigenvalue weighted by Crippen LogP contribution is 2.27. The van der Waals surface area contributed by atoms with E-state index >= 15 is 0 Å². The summed E-state index contributed by atoms with van der Waals surface area (Å²) in [4.78, 5) is 0. The fraction of sp³-hybridized carbons (Fsp3) is 0.462. The standard InChI is InChI=1S/C13H15N2O/c1-10-11-6-2-3-7-12(11)15(14-10)13-8-4-5-9-16-13/h3,6-7,13H,4-5,8-9H2,1H3. The minimum Gasteiger partial charge on any atom is -0.356 e. The lowest BCUT2D eigenvalue weighted by Crippen LogP contribution is -2.19. The van der Waals surface area contributed by atoms with E-state index in [1.54, 1.807) is 0 Å². The summed E-state index contributed by atoms with van der Waals surface area (Å²) in [7, 11) is 0. The minimum atomic E-state index is 0.118. The highest BCUT2D eigenvalue weighted by molar-refractivity contribution is 5.81. The Bertz CT molecular complexity index is 498. The van der Waals surface area contributed by atoms with Crippen LogP contribution in [0, 0.1) is 13.0 Å². The number of ether oxygens (including phenoxy) is 1. The maximum atomic E-state index is 5.78. The van der Waals surface area contributed by atoms with E-state index in [4.69, 9.17) is 4.74 Å². The van der Waals surface area contributed by atoms with Crippen molar-refractivity contribution in [3.05, 3.63) is 30.0 Å². The summed E-state index contributed by atoms with van der Waals surface area (Å²) >= 11 is 0. The first-order chi connectivity index (χ1) is 7.86. The van der Waals surface area contributed by atoms with Crippen LogP contribution in [0.1, 0.15) is 31.2 Å². The summed E-state index contributed by atoms with van der Waals surface area (Å²) < 4.78 is 7.80. The topological polar surface area (TPSA) is 27.1 Å². The summed E-state index contributed by atoms with van der Waals surface area (Å²) in [6, 6.07) is 9.09. The second-order valence-electron chi connectivity index (χ2n) is 4.29. The Kier molecular flexibility index (Phi) is 2.40. The van der Waals surface area contributed by atoms with Crippen LogP contribution in [-0.2, 0) is 4.74 Å². The first-order valence-electron chi connectivity index (χ1n) is 5.83. The van der Waals surface area contributed by atoms with Gasteiger partial charge in [-0.05, 0) is 44.4 Å². The Balaban J connectivity index is 2.08. The van der Waals surface area contributed by atoms with Crippen molar-refractivity contribution in [2.75, 3.05) is 6.61 Å². The lowest BCUT2D eigenvalue weighted by atomic mass is 10.2. The van der Waals surface area contributed by atoms with Crippen LogP contribution in [0.5, 0.6) is 0 Å². The van der Waals surface area contributed by atoms with Gasteiger partial charge < -0.3 is 4.74 Å². The molecule has 2 heterocycles. The zero-order chi connectivity index (χ0) is 11.0. The van der Waals surface area contributed by atoms with Crippen LogP contribution >= 0.6 is 0 Å². The van der Waals surface area contributed by atoms with Gasteiger partial charge in [-0.25, -0.2) is 4.68 Å². The van der Waals surface area contributed by atoms with Crippen LogP contribution < -0.4 is 0 Å².